The van der Waals surface area contributed by atoms with Crippen molar-refractivity contribution in [2.45, 2.75) is 23.8 Å². The van der Waals surface area contributed by atoms with Gasteiger partial charge >= 0.3 is 0 Å². The van der Waals surface area contributed by atoms with E-state index in [0.717, 1.165) is 0 Å². The van der Waals surface area contributed by atoms with Crippen molar-refractivity contribution in [3.63, 3.8) is 0 Å². The number of carbonyl (C=O) groups is 1. The Balaban J connectivity index is 1.62. The first-order valence-electron chi connectivity index (χ1n) is 8.61. The van der Waals surface area contributed by atoms with Crippen molar-refractivity contribution < 1.29 is 17.9 Å². The van der Waals surface area contributed by atoms with Gasteiger partial charge in [0.1, 0.15) is 5.75 Å². The van der Waals surface area contributed by atoms with Gasteiger partial charge in [-0.05, 0) is 49.2 Å². The summed E-state index contributed by atoms with van der Waals surface area (Å²) in [6, 6.07) is 12.9. The minimum atomic E-state index is -3.61. The molecular formula is C19H21ClN2O4S. The van der Waals surface area contributed by atoms with Gasteiger partial charge in [-0.2, -0.15) is 0 Å². The van der Waals surface area contributed by atoms with Crippen LogP contribution in [-0.2, 0) is 10.0 Å². The number of likely N-dealkylation sites (tertiary alicyclic amines) is 1. The fourth-order valence-corrected chi connectivity index (χ4v) is 4.52. The summed E-state index contributed by atoms with van der Waals surface area (Å²) in [4.78, 5) is 14.6. The van der Waals surface area contributed by atoms with E-state index in [9.17, 15) is 13.2 Å². The van der Waals surface area contributed by atoms with E-state index in [1.165, 1.54) is 19.2 Å². The SMILES string of the molecule is COc1ccccc1C(=O)N1CCC(NS(=O)(=O)c2ccc(Cl)cc2)CC1. The molecule has 27 heavy (non-hydrogen) atoms. The molecule has 0 saturated carbocycles. The molecule has 2 aromatic carbocycles. The number of carbonyl (C=O) groups excluding carboxylic acids is 1. The van der Waals surface area contributed by atoms with Crippen LogP contribution in [0.25, 0.3) is 0 Å². The molecule has 0 unspecified atom stereocenters. The number of hydrogen-bond donors (Lipinski definition) is 1. The minimum absolute atomic E-state index is 0.105. The van der Waals surface area contributed by atoms with Gasteiger partial charge in [0, 0.05) is 24.2 Å². The number of nitrogens with zero attached hydrogens (tertiary/aromatic N) is 1. The van der Waals surface area contributed by atoms with Crippen molar-refractivity contribution in [1.82, 2.24) is 9.62 Å². The van der Waals surface area contributed by atoms with Crippen LogP contribution in [0.4, 0.5) is 0 Å². The van der Waals surface area contributed by atoms with E-state index in [2.05, 4.69) is 4.72 Å². The van der Waals surface area contributed by atoms with Crippen molar-refractivity contribution in [1.29, 1.82) is 0 Å². The molecule has 1 aliphatic rings. The van der Waals surface area contributed by atoms with Gasteiger partial charge < -0.3 is 9.64 Å². The summed E-state index contributed by atoms with van der Waals surface area (Å²) in [5.41, 5.74) is 0.514. The third-order valence-corrected chi connectivity index (χ3v) is 6.35. The fourth-order valence-electron chi connectivity index (χ4n) is 3.09. The molecule has 1 fully saturated rings. The zero-order valence-corrected chi connectivity index (χ0v) is 16.5. The molecule has 0 aromatic heterocycles. The van der Waals surface area contributed by atoms with E-state index in [1.807, 2.05) is 6.07 Å². The number of sulfonamides is 1. The quantitative estimate of drug-likeness (QED) is 0.825. The molecule has 8 heteroatoms. The molecule has 1 amide bonds. The molecule has 144 valence electrons. The normalized spacial score (nSPS) is 15.6. The summed E-state index contributed by atoms with van der Waals surface area (Å²) < 4.78 is 32.9. The molecule has 0 aliphatic carbocycles. The van der Waals surface area contributed by atoms with Gasteiger partial charge in [-0.1, -0.05) is 23.7 Å². The highest BCUT2D eigenvalue weighted by molar-refractivity contribution is 7.89. The number of benzene rings is 2. The smallest absolute Gasteiger partial charge is 0.257 e. The Hall–Kier alpha value is -2.09. The summed E-state index contributed by atoms with van der Waals surface area (Å²) in [5, 5.41) is 0.483. The zero-order valence-electron chi connectivity index (χ0n) is 14.9. The van der Waals surface area contributed by atoms with E-state index in [1.54, 1.807) is 35.2 Å². The second-order valence-electron chi connectivity index (χ2n) is 6.34. The lowest BCUT2D eigenvalue weighted by molar-refractivity contribution is 0.0708. The van der Waals surface area contributed by atoms with Crippen LogP contribution < -0.4 is 9.46 Å². The second kappa shape index (κ2) is 8.29. The number of halogens is 1. The van der Waals surface area contributed by atoms with Crippen LogP contribution in [0.3, 0.4) is 0 Å². The van der Waals surface area contributed by atoms with Crippen molar-refractivity contribution in [2.75, 3.05) is 20.2 Å². The second-order valence-corrected chi connectivity index (χ2v) is 8.49. The van der Waals surface area contributed by atoms with Gasteiger partial charge in [0.15, 0.2) is 0 Å². The lowest BCUT2D eigenvalue weighted by atomic mass is 10.0. The number of rotatable bonds is 5. The zero-order chi connectivity index (χ0) is 19.4. The van der Waals surface area contributed by atoms with E-state index >= 15 is 0 Å². The van der Waals surface area contributed by atoms with Crippen LogP contribution in [-0.4, -0.2) is 45.5 Å². The van der Waals surface area contributed by atoms with Crippen molar-refractivity contribution >= 4 is 27.5 Å². The third kappa shape index (κ3) is 4.61. The van der Waals surface area contributed by atoms with Gasteiger partial charge in [-0.25, -0.2) is 13.1 Å². The van der Waals surface area contributed by atoms with Crippen molar-refractivity contribution in [2.24, 2.45) is 0 Å². The molecule has 2 aromatic rings. The summed E-state index contributed by atoms with van der Waals surface area (Å²) in [7, 11) is -2.08. The number of amides is 1. The lowest BCUT2D eigenvalue weighted by Gasteiger charge is -2.32. The van der Waals surface area contributed by atoms with Gasteiger partial charge in [0.05, 0.1) is 17.6 Å². The number of methoxy groups -OCH3 is 1. The highest BCUT2D eigenvalue weighted by atomic mass is 35.5. The molecule has 1 aliphatic heterocycles. The minimum Gasteiger partial charge on any atom is -0.496 e. The number of para-hydroxylation sites is 1. The lowest BCUT2D eigenvalue weighted by Crippen LogP contribution is -2.46. The van der Waals surface area contributed by atoms with Gasteiger partial charge in [0.25, 0.3) is 5.91 Å². The Morgan fingerprint density at radius 2 is 1.74 bits per heavy atom. The van der Waals surface area contributed by atoms with E-state index in [4.69, 9.17) is 16.3 Å². The Kier molecular flexibility index (Phi) is 6.04. The largest absolute Gasteiger partial charge is 0.496 e. The topological polar surface area (TPSA) is 75.7 Å². The molecule has 3 rings (SSSR count). The van der Waals surface area contributed by atoms with E-state index in [0.29, 0.717) is 42.3 Å². The fraction of sp³-hybridized carbons (Fsp3) is 0.316. The number of piperidine rings is 1. The van der Waals surface area contributed by atoms with E-state index in [-0.39, 0.29) is 16.8 Å². The van der Waals surface area contributed by atoms with Crippen molar-refractivity contribution in [3.05, 3.63) is 59.1 Å². The molecule has 0 radical (unpaired) electrons. The first-order valence-corrected chi connectivity index (χ1v) is 10.5. The summed E-state index contributed by atoms with van der Waals surface area (Å²) >= 11 is 5.81. The molecule has 1 N–H and O–H groups in total. The van der Waals surface area contributed by atoms with Gasteiger partial charge in [0.2, 0.25) is 10.0 Å². The molecule has 6 nitrogen and oxygen atoms in total. The molecule has 0 atom stereocenters. The van der Waals surface area contributed by atoms with Crippen LogP contribution in [0.15, 0.2) is 53.4 Å². The highest BCUT2D eigenvalue weighted by Gasteiger charge is 2.28. The van der Waals surface area contributed by atoms with E-state index < -0.39 is 10.0 Å². The average molecular weight is 409 g/mol. The molecular weight excluding hydrogens is 388 g/mol. The van der Waals surface area contributed by atoms with Gasteiger partial charge in [-0.15, -0.1) is 0 Å². The molecule has 1 saturated heterocycles. The predicted molar refractivity (Wildman–Crippen MR) is 104 cm³/mol. The van der Waals surface area contributed by atoms with Crippen LogP contribution in [0, 0.1) is 0 Å². The van der Waals surface area contributed by atoms with Crippen LogP contribution in [0.2, 0.25) is 5.02 Å². The van der Waals surface area contributed by atoms with Crippen molar-refractivity contribution in [3.8, 4) is 5.75 Å². The third-order valence-electron chi connectivity index (χ3n) is 4.57. The predicted octanol–water partition coefficient (Wildman–Crippen LogP) is 2.93. The Labute approximate surface area is 164 Å². The number of ether oxygens (including phenoxy) is 1. The highest BCUT2D eigenvalue weighted by Crippen LogP contribution is 2.22. The number of nitrogens with one attached hydrogen (secondary N) is 1. The average Bonchev–Trinajstić information content (AvgIpc) is 2.68. The monoisotopic (exact) mass is 408 g/mol. The Morgan fingerprint density at radius 3 is 2.37 bits per heavy atom. The standard InChI is InChI=1S/C19H21ClN2O4S/c1-26-18-5-3-2-4-17(18)19(23)22-12-10-15(11-13-22)21-27(24,25)16-8-6-14(20)7-9-16/h2-9,15,21H,10-13H2,1H3. The maximum absolute atomic E-state index is 12.7. The maximum Gasteiger partial charge on any atom is 0.257 e. The van der Waals surface area contributed by atoms with Crippen LogP contribution in [0.5, 0.6) is 5.75 Å². The van der Waals surface area contributed by atoms with Gasteiger partial charge in [-0.3, -0.25) is 4.79 Å². The summed E-state index contributed by atoms with van der Waals surface area (Å²) in [5.74, 6) is 0.430. The Bertz CT molecular complexity index is 908. The molecule has 0 bridgehead atoms. The summed E-state index contributed by atoms with van der Waals surface area (Å²) in [6.45, 7) is 0.954. The molecule has 1 heterocycles. The first kappa shape index (κ1) is 19.7. The number of hydrogen-bond acceptors (Lipinski definition) is 4. The first-order chi connectivity index (χ1) is 12.9. The Morgan fingerprint density at radius 1 is 1.11 bits per heavy atom. The van der Waals surface area contributed by atoms with Crippen LogP contribution >= 0.6 is 11.6 Å². The summed E-state index contributed by atoms with van der Waals surface area (Å²) in [6.07, 6.45) is 1.10. The maximum atomic E-state index is 12.7. The molecule has 0 spiro atoms. The van der Waals surface area contributed by atoms with Crippen LogP contribution in [0.1, 0.15) is 23.2 Å².